The minimum Gasteiger partial charge on any atom is -0.453 e. The molecule has 1 spiro atoms. The lowest BCUT2D eigenvalue weighted by Crippen LogP contribution is -2.25. The summed E-state index contributed by atoms with van der Waals surface area (Å²) < 4.78 is 14.3. The lowest BCUT2D eigenvalue weighted by molar-refractivity contribution is 0.670. The molecule has 4 nitrogen and oxygen atoms in total. The second kappa shape index (κ2) is 18.9. The third kappa shape index (κ3) is 7.19. The Morgan fingerprint density at radius 3 is 1.05 bits per heavy atom. The molecular weight excluding hydrogens is 1060 g/mol. The number of anilines is 6. The first kappa shape index (κ1) is 49.2. The predicted octanol–water partition coefficient (Wildman–Crippen LogP) is 23.0. The van der Waals surface area contributed by atoms with Crippen molar-refractivity contribution in [2.24, 2.45) is 0 Å². The molecule has 0 radical (unpaired) electrons. The van der Waals surface area contributed by atoms with Crippen molar-refractivity contribution in [2.75, 3.05) is 9.80 Å². The molecule has 2 heterocycles. The molecule has 0 atom stereocenters. The summed E-state index contributed by atoms with van der Waals surface area (Å²) in [6.07, 6.45) is 0. The molecular formula is C83H54N2O2. The van der Waals surface area contributed by atoms with Crippen LogP contribution in [0.4, 0.5) is 34.1 Å². The van der Waals surface area contributed by atoms with E-state index >= 15 is 0 Å². The molecule has 0 aliphatic heterocycles. The highest BCUT2D eigenvalue weighted by atomic mass is 16.3. The van der Waals surface area contributed by atoms with Crippen LogP contribution in [-0.2, 0) is 5.41 Å². The smallest absolute Gasteiger partial charge is 0.159 e. The van der Waals surface area contributed by atoms with Gasteiger partial charge in [0.15, 0.2) is 11.2 Å². The molecule has 0 amide bonds. The molecule has 0 fully saturated rings. The largest absolute Gasteiger partial charge is 0.453 e. The molecule has 18 rings (SSSR count). The van der Waals surface area contributed by atoms with Gasteiger partial charge in [0.2, 0.25) is 0 Å². The van der Waals surface area contributed by atoms with E-state index in [1.54, 1.807) is 0 Å². The Bertz CT molecular complexity index is 5170. The maximum atomic E-state index is 7.16. The van der Waals surface area contributed by atoms with Gasteiger partial charge in [0.05, 0.1) is 16.8 Å². The van der Waals surface area contributed by atoms with Crippen LogP contribution >= 0.6 is 0 Å². The number of para-hydroxylation sites is 6. The molecule has 408 valence electrons. The Morgan fingerprint density at radius 1 is 0.241 bits per heavy atom. The number of hydrogen-bond acceptors (Lipinski definition) is 4. The van der Waals surface area contributed by atoms with Crippen LogP contribution in [0, 0.1) is 13.8 Å². The molecule has 14 aromatic carbocycles. The molecule has 2 aliphatic rings. The summed E-state index contributed by atoms with van der Waals surface area (Å²) in [5.41, 5.74) is 26.2. The average molecular weight is 1110 g/mol. The van der Waals surface area contributed by atoms with Gasteiger partial charge in [-0.15, -0.1) is 0 Å². The van der Waals surface area contributed by atoms with Crippen LogP contribution in [0.1, 0.15) is 33.4 Å². The Balaban J connectivity index is 0.828. The van der Waals surface area contributed by atoms with E-state index in [0.717, 1.165) is 99.9 Å². The number of benzene rings is 14. The van der Waals surface area contributed by atoms with Crippen molar-refractivity contribution >= 4 is 99.5 Å². The van der Waals surface area contributed by atoms with Crippen LogP contribution in [0.25, 0.3) is 110 Å². The van der Waals surface area contributed by atoms with Crippen LogP contribution < -0.4 is 9.80 Å². The zero-order valence-corrected chi connectivity index (χ0v) is 47.9. The minimum absolute atomic E-state index is 0.603. The highest BCUT2D eigenvalue weighted by molar-refractivity contribution is 6.16. The Kier molecular flexibility index (Phi) is 10.7. The van der Waals surface area contributed by atoms with E-state index in [2.05, 4.69) is 315 Å². The second-order valence-electron chi connectivity index (χ2n) is 23.5. The normalized spacial score (nSPS) is 12.8. The number of nitrogens with zero attached hydrogens (tertiary/aromatic N) is 2. The zero-order valence-electron chi connectivity index (χ0n) is 47.9. The number of rotatable bonds is 8. The summed E-state index contributed by atoms with van der Waals surface area (Å²) in [7, 11) is 0. The first-order valence-corrected chi connectivity index (χ1v) is 30.1. The average Bonchev–Trinajstić information content (AvgIpc) is 1.52. The second-order valence-corrected chi connectivity index (χ2v) is 23.5. The summed E-state index contributed by atoms with van der Waals surface area (Å²) in [6, 6.07) is 107. The highest BCUT2D eigenvalue weighted by Crippen LogP contribution is 2.64. The maximum absolute atomic E-state index is 7.16. The van der Waals surface area contributed by atoms with Crippen LogP contribution in [0.15, 0.2) is 300 Å². The first-order valence-electron chi connectivity index (χ1n) is 30.1. The highest BCUT2D eigenvalue weighted by Gasteiger charge is 2.52. The molecule has 87 heavy (non-hydrogen) atoms. The molecule has 2 aromatic heterocycles. The van der Waals surface area contributed by atoms with Gasteiger partial charge < -0.3 is 18.6 Å². The van der Waals surface area contributed by atoms with Crippen molar-refractivity contribution in [3.8, 4) is 44.5 Å². The molecule has 0 saturated carbocycles. The van der Waals surface area contributed by atoms with E-state index < -0.39 is 5.41 Å². The van der Waals surface area contributed by atoms with Gasteiger partial charge in [0, 0.05) is 55.4 Å². The van der Waals surface area contributed by atoms with E-state index in [0.29, 0.717) is 0 Å². The quantitative estimate of drug-likeness (QED) is 0.152. The lowest BCUT2D eigenvalue weighted by Gasteiger charge is -2.31. The molecule has 4 heteroatoms. The molecule has 0 unspecified atom stereocenters. The molecule has 0 bridgehead atoms. The van der Waals surface area contributed by atoms with Crippen LogP contribution in [0.5, 0.6) is 0 Å². The Labute approximate surface area is 503 Å². The van der Waals surface area contributed by atoms with Crippen molar-refractivity contribution < 1.29 is 8.83 Å². The van der Waals surface area contributed by atoms with Gasteiger partial charge in [-0.05, 0) is 187 Å². The fourth-order valence-corrected chi connectivity index (χ4v) is 15.0. The van der Waals surface area contributed by atoms with Gasteiger partial charge in [-0.2, -0.15) is 0 Å². The third-order valence-corrected chi connectivity index (χ3v) is 18.9. The van der Waals surface area contributed by atoms with Crippen molar-refractivity contribution in [3.63, 3.8) is 0 Å². The van der Waals surface area contributed by atoms with Crippen LogP contribution in [0.3, 0.4) is 0 Å². The predicted molar refractivity (Wildman–Crippen MR) is 362 cm³/mol. The van der Waals surface area contributed by atoms with Gasteiger partial charge in [-0.25, -0.2) is 0 Å². The third-order valence-electron chi connectivity index (χ3n) is 18.9. The van der Waals surface area contributed by atoms with Gasteiger partial charge in [-0.3, -0.25) is 0 Å². The SMILES string of the molecule is Cc1ccccc1-c1cccc2c1oc1c(N(c3ccccc3)c3ccc4cc5c(cc4c3)C3(c4ccccc4-c4ccccc43)c3cc4cc(N(c6ccccc6)c6cccc7c6oc6c(-c8ccccc8C)cccc67)ccc4cc3-5)cccc12. The van der Waals surface area contributed by atoms with Gasteiger partial charge in [0.25, 0.3) is 0 Å². The zero-order chi connectivity index (χ0) is 57.5. The van der Waals surface area contributed by atoms with E-state index in [1.807, 2.05) is 0 Å². The topological polar surface area (TPSA) is 32.8 Å². The summed E-state index contributed by atoms with van der Waals surface area (Å²) >= 11 is 0. The lowest BCUT2D eigenvalue weighted by atomic mass is 9.70. The fraction of sp³-hybridized carbons (Fsp3) is 0.0361. The standard InChI is InChI=1S/C83H54N2O2/c1-51-21-9-11-27-61(51)65-31-17-33-67-69-35-19-39-77(81(69)86-79(65)67)84(57-23-5-3-6-24-57)59-43-41-53-47-71-72-48-54-42-44-60(46-56(54)50-76(72)83(75(71)49-55(53)45-59)73-37-15-13-29-63(73)64-30-14-16-38-74(64)83)85(58-25-7-4-8-26-58)78-40-20-36-70-68-34-18-32-66(80(68)87-82(70)78)62-28-12-10-22-52(62)2/h3-50H,1-2H3. The molecule has 2 aliphatic carbocycles. The summed E-state index contributed by atoms with van der Waals surface area (Å²) in [6.45, 7) is 4.34. The number of fused-ring (bicyclic) bond motifs is 18. The van der Waals surface area contributed by atoms with E-state index in [4.69, 9.17) is 8.83 Å². The van der Waals surface area contributed by atoms with Crippen molar-refractivity contribution in [1.82, 2.24) is 0 Å². The number of hydrogen-bond donors (Lipinski definition) is 0. The monoisotopic (exact) mass is 1110 g/mol. The van der Waals surface area contributed by atoms with Crippen LogP contribution in [0.2, 0.25) is 0 Å². The molecule has 0 saturated heterocycles. The number of aryl methyl sites for hydroxylation is 2. The number of furan rings is 2. The van der Waals surface area contributed by atoms with Crippen molar-refractivity contribution in [1.29, 1.82) is 0 Å². The minimum atomic E-state index is -0.603. The van der Waals surface area contributed by atoms with E-state index in [-0.39, 0.29) is 0 Å². The fourth-order valence-electron chi connectivity index (χ4n) is 15.0. The van der Waals surface area contributed by atoms with Gasteiger partial charge >= 0.3 is 0 Å². The van der Waals surface area contributed by atoms with E-state index in [1.165, 1.54) is 77.5 Å². The van der Waals surface area contributed by atoms with Crippen molar-refractivity contribution in [3.05, 3.63) is 325 Å². The first-order chi connectivity index (χ1) is 43.0. The van der Waals surface area contributed by atoms with Gasteiger partial charge in [0.1, 0.15) is 11.2 Å². The summed E-state index contributed by atoms with van der Waals surface area (Å²) in [5, 5.41) is 9.05. The van der Waals surface area contributed by atoms with Crippen molar-refractivity contribution in [2.45, 2.75) is 19.3 Å². The summed E-state index contributed by atoms with van der Waals surface area (Å²) in [4.78, 5) is 4.74. The molecule has 0 N–H and O–H groups in total. The summed E-state index contributed by atoms with van der Waals surface area (Å²) in [5.74, 6) is 0. The van der Waals surface area contributed by atoms with Gasteiger partial charge in [-0.1, -0.05) is 206 Å². The van der Waals surface area contributed by atoms with Crippen LogP contribution in [-0.4, -0.2) is 0 Å². The Morgan fingerprint density at radius 2 is 0.609 bits per heavy atom. The maximum Gasteiger partial charge on any atom is 0.159 e. The molecule has 16 aromatic rings. The van der Waals surface area contributed by atoms with E-state index in [9.17, 15) is 0 Å². The Hall–Kier alpha value is -11.2.